The second kappa shape index (κ2) is 12.9. The van der Waals surface area contributed by atoms with E-state index in [9.17, 15) is 4.79 Å². The van der Waals surface area contributed by atoms with Gasteiger partial charge in [-0.1, -0.05) is 87.4 Å². The van der Waals surface area contributed by atoms with Crippen LogP contribution < -0.4 is 10.1 Å². The average molecular weight is 496 g/mol. The standard InChI is InChI=1S/C32H37N3O2/c1-4-7-18-28(24-14-10-8-11-15-24)33-32(36)30-29(25-19-21-27(22-20-25)37-23-5-2)34-31(35(30)6-3)26-16-12-9-13-17-26/h8-17,19-22,28H,4-7,18,23H2,1-3H3,(H,33,36). The Balaban J connectivity index is 1.77. The molecule has 192 valence electrons. The smallest absolute Gasteiger partial charge is 0.270 e. The van der Waals surface area contributed by atoms with Gasteiger partial charge in [0.1, 0.15) is 23.0 Å². The van der Waals surface area contributed by atoms with Gasteiger partial charge >= 0.3 is 0 Å². The summed E-state index contributed by atoms with van der Waals surface area (Å²) in [5, 5.41) is 3.35. The molecule has 0 aliphatic carbocycles. The van der Waals surface area contributed by atoms with Gasteiger partial charge < -0.3 is 14.6 Å². The van der Waals surface area contributed by atoms with Gasteiger partial charge in [0, 0.05) is 17.7 Å². The van der Waals surface area contributed by atoms with Crippen LogP contribution in [0.1, 0.15) is 68.5 Å². The van der Waals surface area contributed by atoms with Gasteiger partial charge in [-0.2, -0.15) is 0 Å². The van der Waals surface area contributed by atoms with Gasteiger partial charge in [0.05, 0.1) is 12.6 Å². The van der Waals surface area contributed by atoms with Gasteiger partial charge in [-0.25, -0.2) is 4.98 Å². The number of nitrogens with zero attached hydrogens (tertiary/aromatic N) is 2. The van der Waals surface area contributed by atoms with Crippen LogP contribution in [0.25, 0.3) is 22.6 Å². The lowest BCUT2D eigenvalue weighted by Crippen LogP contribution is -2.31. The molecule has 0 spiro atoms. The lowest BCUT2D eigenvalue weighted by atomic mass is 10.0. The van der Waals surface area contributed by atoms with Crippen molar-refractivity contribution in [1.29, 1.82) is 0 Å². The Kier molecular flexibility index (Phi) is 9.14. The Morgan fingerprint density at radius 2 is 1.54 bits per heavy atom. The highest BCUT2D eigenvalue weighted by atomic mass is 16.5. The lowest BCUT2D eigenvalue weighted by molar-refractivity contribution is 0.0925. The first-order valence-corrected chi connectivity index (χ1v) is 13.4. The van der Waals surface area contributed by atoms with Crippen LogP contribution in [0.2, 0.25) is 0 Å². The van der Waals surface area contributed by atoms with Crippen molar-refractivity contribution >= 4 is 5.91 Å². The Labute approximate surface area is 220 Å². The van der Waals surface area contributed by atoms with Crippen molar-refractivity contribution in [3.05, 3.63) is 96.2 Å². The summed E-state index contributed by atoms with van der Waals surface area (Å²) in [6.45, 7) is 7.62. The minimum atomic E-state index is -0.109. The number of rotatable bonds is 12. The molecule has 0 fully saturated rings. The molecular formula is C32H37N3O2. The summed E-state index contributed by atoms with van der Waals surface area (Å²) in [4.78, 5) is 19.1. The first-order chi connectivity index (χ1) is 18.2. The largest absolute Gasteiger partial charge is 0.494 e. The number of carbonyl (C=O) groups is 1. The minimum Gasteiger partial charge on any atom is -0.494 e. The molecule has 0 saturated heterocycles. The summed E-state index contributed by atoms with van der Waals surface area (Å²) in [6.07, 6.45) is 3.95. The van der Waals surface area contributed by atoms with Crippen LogP contribution in [0.15, 0.2) is 84.9 Å². The number of imidazole rings is 1. The van der Waals surface area contributed by atoms with Crippen LogP contribution in [0.4, 0.5) is 0 Å². The lowest BCUT2D eigenvalue weighted by Gasteiger charge is -2.20. The predicted molar refractivity (Wildman–Crippen MR) is 151 cm³/mol. The number of nitrogens with one attached hydrogen (secondary N) is 1. The third kappa shape index (κ3) is 6.29. The van der Waals surface area contributed by atoms with E-state index in [1.165, 1.54) is 0 Å². The van der Waals surface area contributed by atoms with Crippen molar-refractivity contribution in [1.82, 2.24) is 14.9 Å². The molecule has 1 amide bonds. The maximum Gasteiger partial charge on any atom is 0.270 e. The second-order valence-electron chi connectivity index (χ2n) is 9.19. The summed E-state index contributed by atoms with van der Waals surface area (Å²) in [6, 6.07) is 28.1. The van der Waals surface area contributed by atoms with Crippen LogP contribution in [-0.4, -0.2) is 22.1 Å². The van der Waals surface area contributed by atoms with Gasteiger partial charge in [0.25, 0.3) is 5.91 Å². The Morgan fingerprint density at radius 1 is 0.865 bits per heavy atom. The molecule has 0 aliphatic heterocycles. The summed E-state index contributed by atoms with van der Waals surface area (Å²) >= 11 is 0. The van der Waals surface area contributed by atoms with Gasteiger partial charge in [-0.3, -0.25) is 4.79 Å². The van der Waals surface area contributed by atoms with E-state index in [0.717, 1.165) is 53.9 Å². The van der Waals surface area contributed by atoms with Crippen molar-refractivity contribution in [3.8, 4) is 28.4 Å². The number of aromatic nitrogens is 2. The molecule has 0 saturated carbocycles. The molecule has 37 heavy (non-hydrogen) atoms. The average Bonchev–Trinajstić information content (AvgIpc) is 3.35. The molecule has 5 heteroatoms. The van der Waals surface area contributed by atoms with Crippen LogP contribution in [0.5, 0.6) is 5.75 Å². The number of carbonyl (C=O) groups excluding carboxylic acids is 1. The Bertz CT molecular complexity index is 1260. The second-order valence-corrected chi connectivity index (χ2v) is 9.19. The molecule has 4 aromatic rings. The fraction of sp³-hybridized carbons (Fsp3) is 0.312. The molecular weight excluding hydrogens is 458 g/mol. The molecule has 1 atom stereocenters. The van der Waals surface area contributed by atoms with Crippen molar-refractivity contribution in [2.75, 3.05) is 6.61 Å². The topological polar surface area (TPSA) is 56.1 Å². The van der Waals surface area contributed by atoms with Gasteiger partial charge in [-0.15, -0.1) is 0 Å². The van der Waals surface area contributed by atoms with Crippen molar-refractivity contribution in [3.63, 3.8) is 0 Å². The number of unbranched alkanes of at least 4 members (excludes halogenated alkanes) is 1. The van der Waals surface area contributed by atoms with E-state index >= 15 is 0 Å². The van der Waals surface area contributed by atoms with Crippen LogP contribution >= 0.6 is 0 Å². The molecule has 0 radical (unpaired) electrons. The summed E-state index contributed by atoms with van der Waals surface area (Å²) in [7, 11) is 0. The van der Waals surface area contributed by atoms with Crippen molar-refractivity contribution < 1.29 is 9.53 Å². The van der Waals surface area contributed by atoms with Gasteiger partial charge in [0.15, 0.2) is 0 Å². The zero-order valence-corrected chi connectivity index (χ0v) is 22.1. The maximum atomic E-state index is 14.0. The highest BCUT2D eigenvalue weighted by Crippen LogP contribution is 2.31. The monoisotopic (exact) mass is 495 g/mol. The fourth-order valence-corrected chi connectivity index (χ4v) is 4.57. The van der Waals surface area contributed by atoms with Gasteiger partial charge in [0.2, 0.25) is 0 Å². The number of hydrogen-bond acceptors (Lipinski definition) is 3. The number of benzene rings is 3. The van der Waals surface area contributed by atoms with E-state index in [1.807, 2.05) is 77.4 Å². The normalized spacial score (nSPS) is 11.8. The zero-order chi connectivity index (χ0) is 26.0. The van der Waals surface area contributed by atoms with Gasteiger partial charge in [-0.05, 0) is 49.6 Å². The third-order valence-corrected chi connectivity index (χ3v) is 6.49. The Morgan fingerprint density at radius 3 is 2.16 bits per heavy atom. The SMILES string of the molecule is CCCCC(NC(=O)c1c(-c2ccc(OCCC)cc2)nc(-c2ccccc2)n1CC)c1ccccc1. The number of amides is 1. The molecule has 0 aliphatic rings. The molecule has 3 aromatic carbocycles. The van der Waals surface area contributed by atoms with Crippen molar-refractivity contribution in [2.45, 2.75) is 59.0 Å². The molecule has 0 bridgehead atoms. The van der Waals surface area contributed by atoms with E-state index in [-0.39, 0.29) is 11.9 Å². The summed E-state index contributed by atoms with van der Waals surface area (Å²) in [5.41, 5.74) is 4.26. The highest BCUT2D eigenvalue weighted by molar-refractivity contribution is 5.99. The number of ether oxygens (including phenoxy) is 1. The summed E-state index contributed by atoms with van der Waals surface area (Å²) < 4.78 is 7.81. The molecule has 4 rings (SSSR count). The van der Waals surface area contributed by atoms with Crippen LogP contribution in [-0.2, 0) is 6.54 Å². The molecule has 1 aromatic heterocycles. The van der Waals surface area contributed by atoms with Crippen LogP contribution in [0.3, 0.4) is 0 Å². The third-order valence-electron chi connectivity index (χ3n) is 6.49. The maximum absolute atomic E-state index is 14.0. The molecule has 1 heterocycles. The quantitative estimate of drug-likeness (QED) is 0.219. The zero-order valence-electron chi connectivity index (χ0n) is 22.1. The van der Waals surface area contributed by atoms with E-state index in [2.05, 4.69) is 38.2 Å². The predicted octanol–water partition coefficient (Wildman–Crippen LogP) is 7.69. The van der Waals surface area contributed by atoms with E-state index in [0.29, 0.717) is 24.5 Å². The fourth-order valence-electron chi connectivity index (χ4n) is 4.57. The number of hydrogen-bond donors (Lipinski definition) is 1. The van der Waals surface area contributed by atoms with E-state index in [1.54, 1.807) is 0 Å². The first-order valence-electron chi connectivity index (χ1n) is 13.4. The van der Waals surface area contributed by atoms with Crippen molar-refractivity contribution in [2.24, 2.45) is 0 Å². The van der Waals surface area contributed by atoms with Crippen LogP contribution in [0, 0.1) is 0 Å². The summed E-state index contributed by atoms with van der Waals surface area (Å²) in [5.74, 6) is 1.50. The van der Waals surface area contributed by atoms with E-state index in [4.69, 9.17) is 9.72 Å². The first kappa shape index (κ1) is 26.2. The molecule has 1 N–H and O–H groups in total. The highest BCUT2D eigenvalue weighted by Gasteiger charge is 2.26. The molecule has 1 unspecified atom stereocenters. The minimum absolute atomic E-state index is 0.0632. The van der Waals surface area contributed by atoms with E-state index < -0.39 is 0 Å². The Hall–Kier alpha value is -3.86. The molecule has 5 nitrogen and oxygen atoms in total.